The van der Waals surface area contributed by atoms with Gasteiger partial charge in [-0.2, -0.15) is 0 Å². The third-order valence-corrected chi connectivity index (χ3v) is 5.58. The predicted molar refractivity (Wildman–Crippen MR) is 93.4 cm³/mol. The van der Waals surface area contributed by atoms with Gasteiger partial charge in [-0.1, -0.05) is 15.9 Å². The molecule has 0 aromatic heterocycles. The Hall–Kier alpha value is -1.45. The van der Waals surface area contributed by atoms with Crippen LogP contribution in [0, 0.1) is 5.82 Å². The number of hydrogen-bond acceptors (Lipinski definition) is 3. The largest absolute Gasteiger partial charge is 0.324 e. The molecular weight excluding hydrogens is 455 g/mol. The zero-order valence-electron chi connectivity index (χ0n) is 11.7. The number of benzene rings is 2. The fourth-order valence-electron chi connectivity index (χ4n) is 1.77. The van der Waals surface area contributed by atoms with Crippen molar-refractivity contribution in [3.63, 3.8) is 0 Å². The summed E-state index contributed by atoms with van der Waals surface area (Å²) in [7, 11) is -3.89. The maximum Gasteiger partial charge on any atom is 0.263 e. The molecule has 0 radical (unpaired) electrons. The first kappa shape index (κ1) is 17.9. The minimum absolute atomic E-state index is 0.0253. The van der Waals surface area contributed by atoms with E-state index < -0.39 is 21.7 Å². The van der Waals surface area contributed by atoms with Crippen molar-refractivity contribution in [2.24, 2.45) is 0 Å². The monoisotopic (exact) mass is 464 g/mol. The lowest BCUT2D eigenvalue weighted by Crippen LogP contribution is -2.14. The highest BCUT2D eigenvalue weighted by atomic mass is 79.9. The molecule has 0 heterocycles. The van der Waals surface area contributed by atoms with Crippen LogP contribution in [-0.2, 0) is 14.8 Å². The third-order valence-electron chi connectivity index (χ3n) is 2.71. The van der Waals surface area contributed by atoms with E-state index in [2.05, 4.69) is 41.9 Å². The van der Waals surface area contributed by atoms with Gasteiger partial charge in [0.2, 0.25) is 5.91 Å². The highest BCUT2D eigenvalue weighted by molar-refractivity contribution is 9.11. The van der Waals surface area contributed by atoms with E-state index in [1.54, 1.807) is 12.1 Å². The summed E-state index contributed by atoms with van der Waals surface area (Å²) in [5.41, 5.74) is 0.0213. The van der Waals surface area contributed by atoms with Gasteiger partial charge in [-0.05, 0) is 52.3 Å². The minimum Gasteiger partial charge on any atom is -0.324 e. The van der Waals surface area contributed by atoms with Gasteiger partial charge in [0.25, 0.3) is 10.0 Å². The van der Waals surface area contributed by atoms with Gasteiger partial charge in [-0.15, -0.1) is 0 Å². The van der Waals surface area contributed by atoms with Crippen LogP contribution in [0.2, 0.25) is 0 Å². The number of carbonyl (C=O) groups excluding carboxylic acids is 1. The number of rotatable bonds is 4. The highest BCUT2D eigenvalue weighted by Crippen LogP contribution is 2.28. The summed E-state index contributed by atoms with van der Waals surface area (Å²) in [4.78, 5) is 11.1. The second kappa shape index (κ2) is 6.98. The molecule has 0 unspecified atom stereocenters. The van der Waals surface area contributed by atoms with E-state index in [-0.39, 0.29) is 16.3 Å². The van der Waals surface area contributed by atoms with Gasteiger partial charge in [-0.25, -0.2) is 12.8 Å². The molecule has 122 valence electrons. The number of carbonyl (C=O) groups is 1. The molecule has 0 bridgehead atoms. The van der Waals surface area contributed by atoms with Crippen molar-refractivity contribution < 1.29 is 17.6 Å². The summed E-state index contributed by atoms with van der Waals surface area (Å²) < 4.78 is 41.8. The van der Waals surface area contributed by atoms with E-state index >= 15 is 0 Å². The van der Waals surface area contributed by atoms with E-state index in [0.29, 0.717) is 8.95 Å². The van der Waals surface area contributed by atoms with Gasteiger partial charge < -0.3 is 5.32 Å². The topological polar surface area (TPSA) is 75.3 Å². The molecule has 2 aromatic carbocycles. The summed E-state index contributed by atoms with van der Waals surface area (Å²) in [5.74, 6) is -1.12. The van der Waals surface area contributed by atoms with Crippen molar-refractivity contribution >= 4 is 59.2 Å². The molecule has 2 N–H and O–H groups in total. The summed E-state index contributed by atoms with van der Waals surface area (Å²) in [6, 6.07) is 8.26. The zero-order valence-corrected chi connectivity index (χ0v) is 15.7. The first-order chi connectivity index (χ1) is 10.7. The first-order valence-electron chi connectivity index (χ1n) is 6.24. The van der Waals surface area contributed by atoms with E-state index in [1.807, 2.05) is 0 Å². The van der Waals surface area contributed by atoms with Crippen LogP contribution < -0.4 is 10.0 Å². The predicted octanol–water partition coefficient (Wildman–Crippen LogP) is 4.11. The Morgan fingerprint density at radius 1 is 1.13 bits per heavy atom. The van der Waals surface area contributed by atoms with E-state index in [0.717, 1.165) is 6.07 Å². The van der Waals surface area contributed by atoms with E-state index in [9.17, 15) is 17.6 Å². The maximum atomic E-state index is 13.6. The van der Waals surface area contributed by atoms with Gasteiger partial charge >= 0.3 is 0 Å². The molecule has 0 saturated carbocycles. The van der Waals surface area contributed by atoms with Gasteiger partial charge in [-0.3, -0.25) is 9.52 Å². The lowest BCUT2D eigenvalue weighted by Gasteiger charge is -2.12. The van der Waals surface area contributed by atoms with Crippen LogP contribution in [0.15, 0.2) is 50.2 Å². The maximum absolute atomic E-state index is 13.6. The molecule has 2 rings (SSSR count). The highest BCUT2D eigenvalue weighted by Gasteiger charge is 2.19. The molecular formula is C14H11Br2FN2O3S. The Morgan fingerprint density at radius 2 is 1.83 bits per heavy atom. The smallest absolute Gasteiger partial charge is 0.263 e. The Labute approximate surface area is 149 Å². The summed E-state index contributed by atoms with van der Waals surface area (Å²) in [5, 5.41) is 2.29. The number of nitrogens with one attached hydrogen (secondary N) is 2. The molecule has 0 saturated heterocycles. The number of halogens is 3. The molecule has 0 aliphatic rings. The minimum atomic E-state index is -3.89. The fraction of sp³-hybridized carbons (Fsp3) is 0.0714. The van der Waals surface area contributed by atoms with Crippen LogP contribution in [-0.4, -0.2) is 14.3 Å². The third kappa shape index (κ3) is 4.52. The molecule has 0 atom stereocenters. The van der Waals surface area contributed by atoms with Crippen LogP contribution in [0.3, 0.4) is 0 Å². The average molecular weight is 466 g/mol. The first-order valence-corrected chi connectivity index (χ1v) is 9.31. The Morgan fingerprint density at radius 3 is 2.48 bits per heavy atom. The van der Waals surface area contributed by atoms with Crippen LogP contribution in [0.5, 0.6) is 0 Å². The molecule has 0 spiro atoms. The summed E-state index contributed by atoms with van der Waals surface area (Å²) >= 11 is 6.39. The Balaban J connectivity index is 2.37. The normalized spacial score (nSPS) is 11.1. The molecule has 0 aliphatic carbocycles. The molecule has 0 fully saturated rings. The summed E-state index contributed by atoms with van der Waals surface area (Å²) in [6.07, 6.45) is 0. The molecule has 5 nitrogen and oxygen atoms in total. The lowest BCUT2D eigenvalue weighted by atomic mass is 10.2. The van der Waals surface area contributed by atoms with Crippen LogP contribution in [0.25, 0.3) is 0 Å². The second-order valence-electron chi connectivity index (χ2n) is 4.56. The Bertz CT molecular complexity index is 872. The van der Waals surface area contributed by atoms with E-state index in [1.165, 1.54) is 25.1 Å². The molecule has 1 amide bonds. The Kier molecular flexibility index (Phi) is 5.43. The average Bonchev–Trinajstić information content (AvgIpc) is 2.44. The van der Waals surface area contributed by atoms with Crippen LogP contribution in [0.1, 0.15) is 6.92 Å². The zero-order chi connectivity index (χ0) is 17.2. The molecule has 2 aromatic rings. The quantitative estimate of drug-likeness (QED) is 0.713. The molecule has 0 aliphatic heterocycles. The second-order valence-corrected chi connectivity index (χ2v) is 7.98. The van der Waals surface area contributed by atoms with Crippen molar-refractivity contribution in [3.8, 4) is 0 Å². The standard InChI is InChI=1S/C14H11Br2FN2O3S/c1-8(20)18-13-7-10(3-5-12(13)17)19-23(21,22)14-6-9(15)2-4-11(14)16/h2-7,19H,1H3,(H,18,20). The number of anilines is 2. The van der Waals surface area contributed by atoms with Crippen molar-refractivity contribution in [1.82, 2.24) is 0 Å². The lowest BCUT2D eigenvalue weighted by molar-refractivity contribution is -0.114. The van der Waals surface area contributed by atoms with Gasteiger partial charge in [0.15, 0.2) is 0 Å². The van der Waals surface area contributed by atoms with Gasteiger partial charge in [0.1, 0.15) is 10.7 Å². The van der Waals surface area contributed by atoms with Crippen molar-refractivity contribution in [2.75, 3.05) is 10.0 Å². The van der Waals surface area contributed by atoms with Gasteiger partial charge in [0, 0.05) is 15.9 Å². The van der Waals surface area contributed by atoms with Gasteiger partial charge in [0.05, 0.1) is 11.4 Å². The molecule has 9 heteroatoms. The van der Waals surface area contributed by atoms with Crippen LogP contribution in [0.4, 0.5) is 15.8 Å². The SMILES string of the molecule is CC(=O)Nc1cc(NS(=O)(=O)c2cc(Br)ccc2Br)ccc1F. The summed E-state index contributed by atoms with van der Waals surface area (Å²) in [6.45, 7) is 1.23. The van der Waals surface area contributed by atoms with Crippen LogP contribution >= 0.6 is 31.9 Å². The fourth-order valence-corrected chi connectivity index (χ4v) is 4.32. The number of hydrogen-bond donors (Lipinski definition) is 2. The van der Waals surface area contributed by atoms with Crippen molar-refractivity contribution in [3.05, 3.63) is 51.2 Å². The number of amides is 1. The van der Waals surface area contributed by atoms with Crippen molar-refractivity contribution in [2.45, 2.75) is 11.8 Å². The molecule has 23 heavy (non-hydrogen) atoms. The number of sulfonamides is 1. The van der Waals surface area contributed by atoms with Crippen molar-refractivity contribution in [1.29, 1.82) is 0 Å². The van der Waals surface area contributed by atoms with E-state index in [4.69, 9.17) is 0 Å².